The molecule has 0 saturated carbocycles. The standard InChI is InChI=1S/C3H7N3O4/c7-2-1-4-3(8)5-6(9)10/h7H,1-2H2,(H2,4,5,8). The summed E-state index contributed by atoms with van der Waals surface area (Å²) in [6.45, 7) is -0.245. The van der Waals surface area contributed by atoms with Crippen LogP contribution < -0.4 is 10.7 Å². The van der Waals surface area contributed by atoms with Gasteiger partial charge < -0.3 is 10.4 Å². The van der Waals surface area contributed by atoms with Gasteiger partial charge in [-0.2, -0.15) is 0 Å². The quantitative estimate of drug-likeness (QED) is 0.334. The van der Waals surface area contributed by atoms with Gasteiger partial charge >= 0.3 is 6.03 Å². The molecule has 0 spiro atoms. The Hall–Kier alpha value is -1.37. The zero-order valence-electron chi connectivity index (χ0n) is 5.03. The third kappa shape index (κ3) is 4.78. The molecule has 0 aromatic heterocycles. The summed E-state index contributed by atoms with van der Waals surface area (Å²) in [6, 6.07) is -0.931. The summed E-state index contributed by atoms with van der Waals surface area (Å²) in [6.07, 6.45) is 0. The van der Waals surface area contributed by atoms with Crippen LogP contribution in [0.3, 0.4) is 0 Å². The van der Waals surface area contributed by atoms with Crippen molar-refractivity contribution < 1.29 is 14.9 Å². The van der Waals surface area contributed by atoms with Crippen LogP contribution in [0, 0.1) is 10.1 Å². The van der Waals surface area contributed by atoms with Gasteiger partial charge in [0, 0.05) is 6.54 Å². The van der Waals surface area contributed by atoms with E-state index >= 15 is 0 Å². The molecule has 0 bridgehead atoms. The fourth-order valence-electron chi connectivity index (χ4n) is 0.292. The first-order valence-electron chi connectivity index (χ1n) is 2.46. The van der Waals surface area contributed by atoms with Gasteiger partial charge in [-0.3, -0.25) is 0 Å². The van der Waals surface area contributed by atoms with E-state index in [1.54, 1.807) is 0 Å². The maximum atomic E-state index is 10.2. The first-order valence-corrected chi connectivity index (χ1v) is 2.46. The Balaban J connectivity index is 3.35. The molecule has 2 amide bonds. The van der Waals surface area contributed by atoms with Crippen molar-refractivity contribution in [3.8, 4) is 0 Å². The second-order valence-corrected chi connectivity index (χ2v) is 1.35. The van der Waals surface area contributed by atoms with Crippen LogP contribution in [0.5, 0.6) is 0 Å². The van der Waals surface area contributed by atoms with Crippen molar-refractivity contribution in [3.63, 3.8) is 0 Å². The van der Waals surface area contributed by atoms with Crippen molar-refractivity contribution in [3.05, 3.63) is 10.1 Å². The summed E-state index contributed by atoms with van der Waals surface area (Å²) in [5, 5.41) is 18.7. The van der Waals surface area contributed by atoms with Gasteiger partial charge in [-0.25, -0.2) is 14.9 Å². The zero-order valence-corrected chi connectivity index (χ0v) is 5.03. The predicted octanol–water partition coefficient (Wildman–Crippen LogP) is -1.53. The fourth-order valence-corrected chi connectivity index (χ4v) is 0.292. The van der Waals surface area contributed by atoms with Crippen LogP contribution in [0.25, 0.3) is 0 Å². The first kappa shape index (κ1) is 8.63. The second kappa shape index (κ2) is 4.50. The zero-order chi connectivity index (χ0) is 7.98. The number of aliphatic hydroxyl groups is 1. The van der Waals surface area contributed by atoms with E-state index in [1.807, 2.05) is 5.32 Å². The summed E-state index contributed by atoms with van der Waals surface area (Å²) in [5.41, 5.74) is 1.34. The van der Waals surface area contributed by atoms with E-state index in [9.17, 15) is 14.9 Å². The highest BCUT2D eigenvalue weighted by Crippen LogP contribution is 1.63. The minimum atomic E-state index is -0.979. The normalized spacial score (nSPS) is 8.50. The van der Waals surface area contributed by atoms with Gasteiger partial charge in [0.2, 0.25) is 0 Å². The van der Waals surface area contributed by atoms with Crippen molar-refractivity contribution >= 4 is 6.03 Å². The highest BCUT2D eigenvalue weighted by atomic mass is 16.7. The van der Waals surface area contributed by atoms with Gasteiger partial charge in [0.15, 0.2) is 5.03 Å². The van der Waals surface area contributed by atoms with Gasteiger partial charge in [0.1, 0.15) is 0 Å². The van der Waals surface area contributed by atoms with Crippen molar-refractivity contribution in [2.75, 3.05) is 13.2 Å². The molecule has 0 saturated heterocycles. The maximum absolute atomic E-state index is 10.2. The Morgan fingerprint density at radius 1 is 1.70 bits per heavy atom. The Morgan fingerprint density at radius 3 is 2.70 bits per heavy atom. The smallest absolute Gasteiger partial charge is 0.372 e. The van der Waals surface area contributed by atoms with Gasteiger partial charge in [-0.1, -0.05) is 5.43 Å². The number of hydrazine groups is 1. The number of carbonyl (C=O) groups excluding carboxylic acids is 1. The molecule has 0 aromatic rings. The summed E-state index contributed by atoms with van der Waals surface area (Å²) in [5.74, 6) is 0. The predicted molar refractivity (Wildman–Crippen MR) is 30.6 cm³/mol. The molecule has 0 unspecified atom stereocenters. The molecule has 0 radical (unpaired) electrons. The average molecular weight is 149 g/mol. The van der Waals surface area contributed by atoms with Gasteiger partial charge in [0.25, 0.3) is 0 Å². The third-order valence-electron chi connectivity index (χ3n) is 0.590. The van der Waals surface area contributed by atoms with Crippen LogP contribution in [0.4, 0.5) is 4.79 Å². The third-order valence-corrected chi connectivity index (χ3v) is 0.590. The lowest BCUT2D eigenvalue weighted by atomic mass is 10.7. The van der Waals surface area contributed by atoms with Crippen LogP contribution in [0.1, 0.15) is 0 Å². The number of nitro groups is 1. The molecule has 10 heavy (non-hydrogen) atoms. The molecular formula is C3H7N3O4. The number of hydrogen-bond acceptors (Lipinski definition) is 4. The van der Waals surface area contributed by atoms with E-state index in [2.05, 4.69) is 0 Å². The van der Waals surface area contributed by atoms with Crippen molar-refractivity contribution in [1.82, 2.24) is 10.7 Å². The molecule has 58 valence electrons. The average Bonchev–Trinajstić information content (AvgIpc) is 1.82. The minimum Gasteiger partial charge on any atom is -0.395 e. The van der Waals surface area contributed by atoms with Crippen molar-refractivity contribution in [2.45, 2.75) is 0 Å². The molecule has 7 heteroatoms. The summed E-state index contributed by atoms with van der Waals surface area (Å²) in [4.78, 5) is 19.8. The lowest BCUT2D eigenvalue weighted by molar-refractivity contribution is -0.527. The number of nitrogens with one attached hydrogen (secondary N) is 2. The molecule has 0 heterocycles. The number of hydrogen-bond donors (Lipinski definition) is 3. The van der Waals surface area contributed by atoms with Crippen LogP contribution in [-0.2, 0) is 0 Å². The molecule has 7 nitrogen and oxygen atoms in total. The van der Waals surface area contributed by atoms with E-state index in [0.29, 0.717) is 0 Å². The van der Waals surface area contributed by atoms with E-state index in [1.165, 1.54) is 5.43 Å². The molecule has 0 aromatic carbocycles. The van der Waals surface area contributed by atoms with Crippen LogP contribution >= 0.6 is 0 Å². The first-order chi connectivity index (χ1) is 4.66. The molecule has 0 rings (SSSR count). The number of carbonyl (C=O) groups is 1. The maximum Gasteiger partial charge on any atom is 0.372 e. The van der Waals surface area contributed by atoms with Gasteiger partial charge in [-0.05, 0) is 0 Å². The van der Waals surface area contributed by atoms with Crippen LogP contribution in [-0.4, -0.2) is 29.3 Å². The molecule has 0 aliphatic heterocycles. The van der Waals surface area contributed by atoms with Gasteiger partial charge in [0.05, 0.1) is 6.61 Å². The minimum absolute atomic E-state index is 0.000324. The van der Waals surface area contributed by atoms with Gasteiger partial charge in [-0.15, -0.1) is 0 Å². The molecule has 0 atom stereocenters. The van der Waals surface area contributed by atoms with E-state index in [4.69, 9.17) is 5.11 Å². The van der Waals surface area contributed by atoms with E-state index < -0.39 is 11.1 Å². The van der Waals surface area contributed by atoms with Crippen molar-refractivity contribution in [1.29, 1.82) is 0 Å². The van der Waals surface area contributed by atoms with Crippen LogP contribution in [0.2, 0.25) is 0 Å². The van der Waals surface area contributed by atoms with E-state index in [0.717, 1.165) is 0 Å². The Bertz CT molecular complexity index is 136. The Kier molecular flexibility index (Phi) is 3.89. The molecule has 0 fully saturated rings. The number of nitrogens with zero attached hydrogens (tertiary/aromatic N) is 1. The number of urea groups is 1. The number of rotatable bonds is 3. The molecule has 0 aliphatic rings. The summed E-state index contributed by atoms with van der Waals surface area (Å²) in [7, 11) is 0. The lowest BCUT2D eigenvalue weighted by Gasteiger charge is -1.97. The molecular weight excluding hydrogens is 142 g/mol. The summed E-state index contributed by atoms with van der Waals surface area (Å²) < 4.78 is 0. The SMILES string of the molecule is O=C(NCCO)N[N+](=O)[O-]. The fraction of sp³-hybridized carbons (Fsp3) is 0.667. The molecule has 0 aliphatic carbocycles. The number of aliphatic hydroxyl groups excluding tert-OH is 1. The topological polar surface area (TPSA) is 104 Å². The number of amides is 2. The molecule has 3 N–H and O–H groups in total. The second-order valence-electron chi connectivity index (χ2n) is 1.35. The lowest BCUT2D eigenvalue weighted by Crippen LogP contribution is -2.40. The highest BCUT2D eigenvalue weighted by Gasteiger charge is 2.03. The summed E-state index contributed by atoms with van der Waals surface area (Å²) >= 11 is 0. The Labute approximate surface area is 56.1 Å². The van der Waals surface area contributed by atoms with E-state index in [-0.39, 0.29) is 13.2 Å². The largest absolute Gasteiger partial charge is 0.395 e. The monoisotopic (exact) mass is 149 g/mol. The Morgan fingerprint density at radius 2 is 2.30 bits per heavy atom. The van der Waals surface area contributed by atoms with Crippen molar-refractivity contribution in [2.24, 2.45) is 0 Å². The van der Waals surface area contributed by atoms with Crippen LogP contribution in [0.15, 0.2) is 0 Å². The highest BCUT2D eigenvalue weighted by molar-refractivity contribution is 5.72.